The zero-order chi connectivity index (χ0) is 22.9. The zero-order valence-corrected chi connectivity index (χ0v) is 17.8. The van der Waals surface area contributed by atoms with Gasteiger partial charge in [0.1, 0.15) is 5.69 Å². The summed E-state index contributed by atoms with van der Waals surface area (Å²) in [7, 11) is 0. The number of nitrogens with one attached hydrogen (secondary N) is 2. The Bertz CT molecular complexity index is 1310. The number of carbonyl (C=O) groups excluding carboxylic acids is 2. The number of aromatic nitrogens is 4. The summed E-state index contributed by atoms with van der Waals surface area (Å²) in [6.45, 7) is 3.29. The molecule has 0 aromatic carbocycles. The molecule has 1 saturated heterocycles. The summed E-state index contributed by atoms with van der Waals surface area (Å²) in [5.74, 6) is -3.41. The predicted molar refractivity (Wildman–Crippen MR) is 117 cm³/mol. The van der Waals surface area contributed by atoms with Crippen LogP contribution in [0.2, 0.25) is 0 Å². The molecule has 1 aliphatic carbocycles. The third-order valence-electron chi connectivity index (χ3n) is 6.63. The molecule has 170 valence electrons. The van der Waals surface area contributed by atoms with Crippen LogP contribution in [-0.2, 0) is 0 Å². The molecule has 3 aromatic rings. The van der Waals surface area contributed by atoms with Crippen LogP contribution in [0.15, 0.2) is 24.3 Å². The topological polar surface area (TPSA) is 107 Å². The highest BCUT2D eigenvalue weighted by Gasteiger charge is 2.57. The van der Waals surface area contributed by atoms with Crippen molar-refractivity contribution < 1.29 is 18.4 Å². The van der Waals surface area contributed by atoms with Crippen LogP contribution < -0.4 is 15.1 Å². The number of aromatic amines is 1. The van der Waals surface area contributed by atoms with Gasteiger partial charge in [-0.15, -0.1) is 0 Å². The lowest BCUT2D eigenvalue weighted by molar-refractivity contribution is 0.0830. The third kappa shape index (κ3) is 3.30. The molecule has 2 aliphatic heterocycles. The molecule has 11 heteroatoms. The van der Waals surface area contributed by atoms with Gasteiger partial charge in [0.05, 0.1) is 17.1 Å². The number of fused-ring (bicyclic) bond motifs is 5. The van der Waals surface area contributed by atoms with Crippen LogP contribution in [0.5, 0.6) is 0 Å². The minimum absolute atomic E-state index is 0.0987. The molecule has 0 radical (unpaired) electrons. The van der Waals surface area contributed by atoms with Crippen molar-refractivity contribution in [2.24, 2.45) is 5.92 Å². The summed E-state index contributed by atoms with van der Waals surface area (Å²) in [4.78, 5) is 38.5. The first-order valence-corrected chi connectivity index (χ1v) is 10.9. The molecule has 5 heterocycles. The number of amides is 2. The lowest BCUT2D eigenvalue weighted by Crippen LogP contribution is -2.48. The number of rotatable bonds is 4. The molecule has 9 nitrogen and oxygen atoms in total. The van der Waals surface area contributed by atoms with E-state index in [0.717, 1.165) is 24.3 Å². The van der Waals surface area contributed by atoms with E-state index < -0.39 is 23.7 Å². The van der Waals surface area contributed by atoms with E-state index in [-0.39, 0.29) is 24.6 Å². The molecule has 2 fully saturated rings. The van der Waals surface area contributed by atoms with E-state index in [0.29, 0.717) is 29.2 Å². The number of hydrogen-bond donors (Lipinski definition) is 2. The SMILES string of the molecule is Cc1ccc2c(NC(=O)N3c4nc(C(=O)C[C@@H]5CC5(F)F)ccc4N4CC[C@H]3C4)n[nH]c2n1. The van der Waals surface area contributed by atoms with E-state index in [9.17, 15) is 18.4 Å². The van der Waals surface area contributed by atoms with Gasteiger partial charge in [-0.05, 0) is 37.6 Å². The lowest BCUT2D eigenvalue weighted by Gasteiger charge is -2.35. The number of pyridine rings is 2. The highest BCUT2D eigenvalue weighted by molar-refractivity contribution is 6.08. The van der Waals surface area contributed by atoms with Crippen molar-refractivity contribution in [1.29, 1.82) is 0 Å². The second-order valence-electron chi connectivity index (χ2n) is 8.94. The summed E-state index contributed by atoms with van der Waals surface area (Å²) in [6.07, 6.45) is 0.243. The smallest absolute Gasteiger partial charge is 0.329 e. The van der Waals surface area contributed by atoms with Crippen LogP contribution in [0.3, 0.4) is 0 Å². The number of aryl methyl sites for hydroxylation is 1. The molecule has 3 aromatic heterocycles. The fourth-order valence-electron chi connectivity index (χ4n) is 4.71. The van der Waals surface area contributed by atoms with Crippen molar-refractivity contribution in [3.63, 3.8) is 0 Å². The van der Waals surface area contributed by atoms with Crippen molar-refractivity contribution in [3.05, 3.63) is 35.7 Å². The predicted octanol–water partition coefficient (Wildman–Crippen LogP) is 3.52. The monoisotopic (exact) mass is 453 g/mol. The standard InChI is InChI=1S/C22H21F2N7O2/c1-11-2-3-14-18(25-11)28-29-19(14)27-21(33)31-13-6-7-30(10-13)16-5-4-15(26-20(16)31)17(32)8-12-9-22(12,23)24/h2-5,12-13H,6-10H2,1H3,(H2,25,27,28,29,33)/t12-,13+/m1/s1. The quantitative estimate of drug-likeness (QED) is 0.586. The van der Waals surface area contributed by atoms with Gasteiger partial charge in [0.15, 0.2) is 23.1 Å². The molecule has 33 heavy (non-hydrogen) atoms. The molecular formula is C22H21F2N7O2. The highest BCUT2D eigenvalue weighted by Crippen LogP contribution is 2.51. The second kappa shape index (κ2) is 6.93. The first kappa shape index (κ1) is 20.0. The number of nitrogens with zero attached hydrogens (tertiary/aromatic N) is 5. The van der Waals surface area contributed by atoms with E-state index in [1.807, 2.05) is 19.1 Å². The molecule has 3 aliphatic rings. The van der Waals surface area contributed by atoms with E-state index in [1.165, 1.54) is 0 Å². The van der Waals surface area contributed by atoms with Crippen molar-refractivity contribution in [3.8, 4) is 0 Å². The Balaban J connectivity index is 1.31. The summed E-state index contributed by atoms with van der Waals surface area (Å²) < 4.78 is 26.6. The molecule has 1 saturated carbocycles. The van der Waals surface area contributed by atoms with Crippen molar-refractivity contribution >= 4 is 40.2 Å². The van der Waals surface area contributed by atoms with Crippen molar-refractivity contribution in [1.82, 2.24) is 20.2 Å². The van der Waals surface area contributed by atoms with Crippen LogP contribution in [0, 0.1) is 12.8 Å². The number of H-pyrrole nitrogens is 1. The second-order valence-corrected chi connectivity index (χ2v) is 8.94. The number of anilines is 3. The van der Waals surface area contributed by atoms with Gasteiger partial charge >= 0.3 is 6.03 Å². The fraction of sp³-hybridized carbons (Fsp3) is 0.409. The van der Waals surface area contributed by atoms with Crippen LogP contribution in [0.1, 0.15) is 35.4 Å². The molecular weight excluding hydrogens is 432 g/mol. The Kier molecular flexibility index (Phi) is 4.20. The zero-order valence-electron chi connectivity index (χ0n) is 17.8. The first-order valence-electron chi connectivity index (χ1n) is 10.9. The summed E-state index contributed by atoms with van der Waals surface area (Å²) in [5, 5.41) is 10.5. The maximum Gasteiger partial charge on any atom is 0.329 e. The molecule has 6 rings (SSSR count). The molecule has 2 N–H and O–H groups in total. The summed E-state index contributed by atoms with van der Waals surface area (Å²) in [6, 6.07) is 6.45. The van der Waals surface area contributed by atoms with E-state index in [2.05, 4.69) is 30.4 Å². The van der Waals surface area contributed by atoms with Crippen molar-refractivity contribution in [2.45, 2.75) is 38.2 Å². The van der Waals surface area contributed by atoms with Crippen LogP contribution in [0.25, 0.3) is 11.0 Å². The Labute approximate surface area is 187 Å². The third-order valence-corrected chi connectivity index (χ3v) is 6.63. The molecule has 2 bridgehead atoms. The number of alkyl halides is 2. The fourth-order valence-corrected chi connectivity index (χ4v) is 4.71. The average Bonchev–Trinajstić information content (AvgIpc) is 3.09. The van der Waals surface area contributed by atoms with Gasteiger partial charge in [0.25, 0.3) is 5.92 Å². The van der Waals surface area contributed by atoms with Crippen molar-refractivity contribution in [2.75, 3.05) is 28.2 Å². The summed E-state index contributed by atoms with van der Waals surface area (Å²) in [5.41, 5.74) is 2.24. The van der Waals surface area contributed by atoms with E-state index in [4.69, 9.17) is 0 Å². The number of halogens is 2. The van der Waals surface area contributed by atoms with Crippen LogP contribution >= 0.6 is 0 Å². The normalized spacial score (nSPS) is 22.4. The number of ketones is 1. The highest BCUT2D eigenvalue weighted by atomic mass is 19.3. The van der Waals surface area contributed by atoms with E-state index >= 15 is 0 Å². The minimum atomic E-state index is -2.76. The maximum absolute atomic E-state index is 13.4. The van der Waals surface area contributed by atoms with E-state index in [1.54, 1.807) is 17.0 Å². The van der Waals surface area contributed by atoms with Gasteiger partial charge in [-0.3, -0.25) is 20.1 Å². The minimum Gasteiger partial charge on any atom is -0.366 e. The van der Waals surface area contributed by atoms with Crippen LogP contribution in [0.4, 0.5) is 30.9 Å². The lowest BCUT2D eigenvalue weighted by atomic mass is 10.1. The maximum atomic E-state index is 13.4. The van der Waals surface area contributed by atoms with Gasteiger partial charge in [0.2, 0.25) is 0 Å². The molecule has 0 unspecified atom stereocenters. The molecule has 2 atom stereocenters. The van der Waals surface area contributed by atoms with Gasteiger partial charge in [0, 0.05) is 37.5 Å². The van der Waals surface area contributed by atoms with Gasteiger partial charge < -0.3 is 4.90 Å². The number of Topliss-reactive ketones (excluding diaryl/α,β-unsaturated/α-hetero) is 1. The summed E-state index contributed by atoms with van der Waals surface area (Å²) >= 11 is 0. The Morgan fingerprint density at radius 2 is 2.06 bits per heavy atom. The molecule has 0 spiro atoms. The Morgan fingerprint density at radius 1 is 1.24 bits per heavy atom. The number of urea groups is 1. The van der Waals surface area contributed by atoms with Gasteiger partial charge in [-0.25, -0.2) is 23.5 Å². The number of hydrogen-bond acceptors (Lipinski definition) is 6. The number of carbonyl (C=O) groups is 2. The Morgan fingerprint density at radius 3 is 2.85 bits per heavy atom. The van der Waals surface area contributed by atoms with Crippen LogP contribution in [-0.4, -0.2) is 57.0 Å². The molecule has 2 amide bonds. The largest absolute Gasteiger partial charge is 0.366 e. The Hall–Kier alpha value is -3.63. The van der Waals surface area contributed by atoms with Gasteiger partial charge in [-0.1, -0.05) is 0 Å². The van der Waals surface area contributed by atoms with Gasteiger partial charge in [-0.2, -0.15) is 5.10 Å². The average molecular weight is 453 g/mol. The first-order chi connectivity index (χ1) is 15.8.